The lowest BCUT2D eigenvalue weighted by Gasteiger charge is -2.31. The van der Waals surface area contributed by atoms with Crippen molar-refractivity contribution in [2.24, 2.45) is 21.6 Å². The quantitative estimate of drug-likeness (QED) is 0.143. The fourth-order valence-corrected chi connectivity index (χ4v) is 6.88. The second-order valence-electron chi connectivity index (χ2n) is 16.1. The molecule has 56 heavy (non-hydrogen) atoms. The molecule has 0 aliphatic carbocycles. The largest absolute Gasteiger partial charge is 0.493 e. The maximum absolute atomic E-state index is 13.6. The van der Waals surface area contributed by atoms with Gasteiger partial charge in [0.15, 0.2) is 23.0 Å². The molecule has 2 amide bonds. The molecule has 1 fully saturated rings. The number of terminal acetylenes is 1. The summed E-state index contributed by atoms with van der Waals surface area (Å²) in [6, 6.07) is 7.28. The SMILES string of the molecule is C#C.C=C(CN)CN1CC(C)N(C)c2cc(OCCC(C)(C)CCC(C)(C)COc3cc4c(cc3OC)C(=O)N3CC(=C)CC3C=N4)c(OC)cc2C1=O.CC. The van der Waals surface area contributed by atoms with Crippen LogP contribution in [-0.2, 0) is 0 Å². The van der Waals surface area contributed by atoms with E-state index in [2.05, 4.69) is 70.5 Å². The zero-order chi connectivity index (χ0) is 42.0. The van der Waals surface area contributed by atoms with Gasteiger partial charge < -0.3 is 39.4 Å². The molecule has 1 saturated heterocycles. The number of carbonyl (C=O) groups is 2. The van der Waals surface area contributed by atoms with E-state index in [9.17, 15) is 9.59 Å². The summed E-state index contributed by atoms with van der Waals surface area (Å²) in [5.74, 6) is 2.09. The summed E-state index contributed by atoms with van der Waals surface area (Å²) in [5, 5.41) is 0. The normalized spacial score (nSPS) is 17.6. The average Bonchev–Trinajstić information content (AvgIpc) is 3.49. The summed E-state index contributed by atoms with van der Waals surface area (Å²) in [4.78, 5) is 37.4. The minimum atomic E-state index is -0.142. The van der Waals surface area contributed by atoms with Gasteiger partial charge in [0.05, 0.1) is 56.0 Å². The Kier molecular flexibility index (Phi) is 16.0. The van der Waals surface area contributed by atoms with Crippen LogP contribution in [0.1, 0.15) is 94.9 Å². The summed E-state index contributed by atoms with van der Waals surface area (Å²) < 4.78 is 24.1. The number of ether oxygens (including phenoxy) is 4. The molecular formula is C45H65N5O6. The monoisotopic (exact) mass is 771 g/mol. The molecule has 0 saturated carbocycles. The molecule has 2 aromatic carbocycles. The van der Waals surface area contributed by atoms with Crippen molar-refractivity contribution in [3.63, 3.8) is 0 Å². The van der Waals surface area contributed by atoms with Crippen LogP contribution in [-0.4, -0.2) is 101 Å². The molecule has 2 aromatic rings. The molecule has 0 radical (unpaired) electrons. The Morgan fingerprint density at radius 2 is 1.52 bits per heavy atom. The van der Waals surface area contributed by atoms with Gasteiger partial charge in [0.25, 0.3) is 11.8 Å². The fourth-order valence-electron chi connectivity index (χ4n) is 6.88. The van der Waals surface area contributed by atoms with Crippen molar-refractivity contribution in [2.45, 2.75) is 86.2 Å². The highest BCUT2D eigenvalue weighted by Gasteiger charge is 2.35. The molecule has 11 nitrogen and oxygen atoms in total. The van der Waals surface area contributed by atoms with Gasteiger partial charge in [0.1, 0.15) is 0 Å². The topological polar surface area (TPSA) is 119 Å². The lowest BCUT2D eigenvalue weighted by atomic mass is 9.78. The Bertz CT molecular complexity index is 1780. The number of hydrogen-bond donors (Lipinski definition) is 1. The molecule has 5 rings (SSSR count). The molecular weight excluding hydrogens is 707 g/mol. The van der Waals surface area contributed by atoms with Crippen LogP contribution in [0.3, 0.4) is 0 Å². The van der Waals surface area contributed by atoms with E-state index in [-0.39, 0.29) is 34.7 Å². The number of methoxy groups -OCH3 is 2. The van der Waals surface area contributed by atoms with Crippen LogP contribution in [0.2, 0.25) is 0 Å². The van der Waals surface area contributed by atoms with Gasteiger partial charge in [-0.2, -0.15) is 0 Å². The molecule has 3 aliphatic heterocycles. The van der Waals surface area contributed by atoms with Crippen LogP contribution in [0.4, 0.5) is 11.4 Å². The molecule has 0 spiro atoms. The Hall–Kier alpha value is -4.95. The third kappa shape index (κ3) is 10.9. The zero-order valence-corrected chi connectivity index (χ0v) is 35.5. The van der Waals surface area contributed by atoms with E-state index in [1.165, 1.54) is 0 Å². The van der Waals surface area contributed by atoms with Crippen LogP contribution < -0.4 is 29.6 Å². The molecule has 3 aliphatic rings. The van der Waals surface area contributed by atoms with Crippen LogP contribution in [0.5, 0.6) is 23.0 Å². The van der Waals surface area contributed by atoms with Gasteiger partial charge in [0, 0.05) is 57.6 Å². The Morgan fingerprint density at radius 1 is 0.911 bits per heavy atom. The molecule has 0 aromatic heterocycles. The molecule has 2 unspecified atom stereocenters. The number of nitrogens with zero attached hydrogens (tertiary/aromatic N) is 4. The third-order valence-corrected chi connectivity index (χ3v) is 10.6. The molecule has 306 valence electrons. The first kappa shape index (κ1) is 45.4. The first-order chi connectivity index (χ1) is 26.6. The Balaban J connectivity index is 0.00000204. The van der Waals surface area contributed by atoms with Gasteiger partial charge in [-0.25, -0.2) is 0 Å². The van der Waals surface area contributed by atoms with Crippen LogP contribution in [0.15, 0.2) is 53.6 Å². The lowest BCUT2D eigenvalue weighted by molar-refractivity contribution is 0.0765. The first-order valence-electron chi connectivity index (χ1n) is 19.5. The third-order valence-electron chi connectivity index (χ3n) is 10.6. The van der Waals surface area contributed by atoms with E-state index in [1.807, 2.05) is 44.1 Å². The number of rotatable bonds is 15. The van der Waals surface area contributed by atoms with Crippen molar-refractivity contribution in [2.75, 3.05) is 65.6 Å². The lowest BCUT2D eigenvalue weighted by Crippen LogP contribution is -2.40. The average molecular weight is 772 g/mol. The standard InChI is InChI=1S/C41H57N5O6.C2H6.C2H2/c1-26-15-29-21-43-32-18-36(34(49-9)16-30(32)39(48)46(29)23-26)52-25-41(6,7)12-11-40(4,5)13-14-51-37-19-33-31(17-35(37)50-10)38(47)45(22-27(2)20-42)24-28(3)44(33)8;2*1-2/h16-19,21,28-29H,1-2,11-15,20,22-25,42H2,3-10H3;1-2H3;1-2H. The second kappa shape index (κ2) is 19.8. The molecule has 2 N–H and O–H groups in total. The number of likely N-dealkylation sites (N-methyl/N-ethyl adjacent to an activating group) is 1. The van der Waals surface area contributed by atoms with E-state index in [1.54, 1.807) is 31.3 Å². The minimum absolute atomic E-state index is 0.0150. The van der Waals surface area contributed by atoms with Crippen molar-refractivity contribution < 1.29 is 28.5 Å². The number of nitrogens with two attached hydrogens (primary N) is 1. The Labute approximate surface area is 335 Å². The number of fused-ring (bicyclic) bond motifs is 3. The predicted octanol–water partition coefficient (Wildman–Crippen LogP) is 7.94. The first-order valence-corrected chi connectivity index (χ1v) is 19.5. The van der Waals surface area contributed by atoms with Crippen molar-refractivity contribution in [3.8, 4) is 35.8 Å². The maximum Gasteiger partial charge on any atom is 0.257 e. The van der Waals surface area contributed by atoms with Gasteiger partial charge in [-0.05, 0) is 61.1 Å². The number of carbonyl (C=O) groups excluding carboxylic acids is 2. The summed E-state index contributed by atoms with van der Waals surface area (Å²) in [5.41, 5.74) is 9.96. The fraction of sp³-hybridized carbons (Fsp3) is 0.533. The smallest absolute Gasteiger partial charge is 0.257 e. The van der Waals surface area contributed by atoms with E-state index in [0.717, 1.165) is 42.5 Å². The van der Waals surface area contributed by atoms with Gasteiger partial charge in [-0.3, -0.25) is 14.6 Å². The number of amides is 2. The number of hydrogen-bond acceptors (Lipinski definition) is 9. The number of anilines is 1. The summed E-state index contributed by atoms with van der Waals surface area (Å²) in [7, 11) is 5.18. The van der Waals surface area contributed by atoms with E-state index >= 15 is 0 Å². The number of aliphatic imine (C=N–C) groups is 1. The van der Waals surface area contributed by atoms with Crippen molar-refractivity contribution in [3.05, 3.63) is 59.7 Å². The molecule has 0 bridgehead atoms. The van der Waals surface area contributed by atoms with Crippen molar-refractivity contribution >= 4 is 29.4 Å². The van der Waals surface area contributed by atoms with Gasteiger partial charge in [-0.15, -0.1) is 12.8 Å². The van der Waals surface area contributed by atoms with E-state index in [0.29, 0.717) is 79.2 Å². The molecule has 3 heterocycles. The minimum Gasteiger partial charge on any atom is -0.493 e. The van der Waals surface area contributed by atoms with Crippen LogP contribution >= 0.6 is 0 Å². The Morgan fingerprint density at radius 3 is 2.14 bits per heavy atom. The highest BCUT2D eigenvalue weighted by atomic mass is 16.5. The van der Waals surface area contributed by atoms with Gasteiger partial charge >= 0.3 is 0 Å². The summed E-state index contributed by atoms with van der Waals surface area (Å²) >= 11 is 0. The van der Waals surface area contributed by atoms with Gasteiger partial charge in [-0.1, -0.05) is 60.3 Å². The zero-order valence-electron chi connectivity index (χ0n) is 35.5. The summed E-state index contributed by atoms with van der Waals surface area (Å²) in [6.45, 7) is 25.9. The molecule has 11 heteroatoms. The highest BCUT2D eigenvalue weighted by Crippen LogP contribution is 2.41. The van der Waals surface area contributed by atoms with Crippen molar-refractivity contribution in [1.29, 1.82) is 0 Å². The number of benzene rings is 2. The summed E-state index contributed by atoms with van der Waals surface area (Å²) in [6.07, 6.45) is 13.3. The van der Waals surface area contributed by atoms with E-state index < -0.39 is 0 Å². The second-order valence-corrected chi connectivity index (χ2v) is 16.1. The van der Waals surface area contributed by atoms with Crippen LogP contribution in [0, 0.1) is 23.7 Å². The van der Waals surface area contributed by atoms with Crippen LogP contribution in [0.25, 0.3) is 0 Å². The highest BCUT2D eigenvalue weighted by molar-refractivity contribution is 6.04. The van der Waals surface area contributed by atoms with E-state index in [4.69, 9.17) is 24.7 Å². The predicted molar refractivity (Wildman–Crippen MR) is 228 cm³/mol. The van der Waals surface area contributed by atoms with Gasteiger partial charge in [0.2, 0.25) is 0 Å². The van der Waals surface area contributed by atoms with Crippen molar-refractivity contribution in [1.82, 2.24) is 9.80 Å². The molecule has 2 atom stereocenters. The maximum atomic E-state index is 13.6.